The first-order chi connectivity index (χ1) is 19.7. The summed E-state index contributed by atoms with van der Waals surface area (Å²) in [6, 6.07) is 9.71. The second kappa shape index (κ2) is 10.1. The Morgan fingerprint density at radius 2 is 1.86 bits per heavy atom. The topological polar surface area (TPSA) is 135 Å². The van der Waals surface area contributed by atoms with Crippen LogP contribution in [0.5, 0.6) is 5.75 Å². The van der Waals surface area contributed by atoms with Gasteiger partial charge in [0.2, 0.25) is 11.5 Å². The van der Waals surface area contributed by atoms with E-state index in [4.69, 9.17) is 10.5 Å². The molecule has 2 aliphatic rings. The first-order valence-corrected chi connectivity index (χ1v) is 12.9. The summed E-state index contributed by atoms with van der Waals surface area (Å²) >= 11 is 0. The number of ether oxygens (including phenoxy) is 1. The van der Waals surface area contributed by atoms with Crippen LogP contribution in [0.3, 0.4) is 0 Å². The number of carbonyl (C=O) groups is 3. The monoisotopic (exact) mass is 586 g/mol. The van der Waals surface area contributed by atoms with Gasteiger partial charge in [-0.25, -0.2) is 9.37 Å². The van der Waals surface area contributed by atoms with Crippen molar-refractivity contribution >= 4 is 17.7 Å². The van der Waals surface area contributed by atoms with Crippen LogP contribution < -0.4 is 15.8 Å². The number of aromatic nitrogens is 1. The number of benzene rings is 2. The van der Waals surface area contributed by atoms with E-state index in [1.807, 2.05) is 0 Å². The number of nitrogens with two attached hydrogens (primary N) is 1. The fourth-order valence-electron chi connectivity index (χ4n) is 5.03. The van der Waals surface area contributed by atoms with Crippen molar-refractivity contribution in [1.29, 1.82) is 0 Å². The number of hydrogen-bond donors (Lipinski definition) is 3. The second-order valence-corrected chi connectivity index (χ2v) is 10.5. The first-order valence-electron chi connectivity index (χ1n) is 12.9. The van der Waals surface area contributed by atoms with Crippen LogP contribution >= 0.6 is 0 Å². The highest BCUT2D eigenvalue weighted by molar-refractivity contribution is 6.01. The van der Waals surface area contributed by atoms with E-state index in [-0.39, 0.29) is 47.2 Å². The van der Waals surface area contributed by atoms with Crippen LogP contribution in [0.15, 0.2) is 48.5 Å². The average molecular weight is 587 g/mol. The Morgan fingerprint density at radius 3 is 2.48 bits per heavy atom. The van der Waals surface area contributed by atoms with Crippen molar-refractivity contribution < 1.29 is 41.8 Å². The van der Waals surface area contributed by atoms with Crippen LogP contribution in [0.25, 0.3) is 11.3 Å². The molecule has 9 nitrogen and oxygen atoms in total. The van der Waals surface area contributed by atoms with Crippen LogP contribution in [-0.2, 0) is 22.4 Å². The number of primary amides is 1. The van der Waals surface area contributed by atoms with Gasteiger partial charge in [-0.1, -0.05) is 0 Å². The molecule has 3 amide bonds. The van der Waals surface area contributed by atoms with E-state index < -0.39 is 47.1 Å². The normalized spacial score (nSPS) is 19.1. The van der Waals surface area contributed by atoms with Crippen LogP contribution in [0, 0.1) is 5.82 Å². The summed E-state index contributed by atoms with van der Waals surface area (Å²) < 4.78 is 63.0. The molecule has 0 saturated heterocycles. The third kappa shape index (κ3) is 4.63. The van der Waals surface area contributed by atoms with Gasteiger partial charge in [-0.3, -0.25) is 14.4 Å². The molecule has 0 radical (unpaired) electrons. The standard InChI is InChI=1S/C29H26F4N4O5/c1-3-37-12-17-10-16(6-9-19(17)25(37)39)24(38)35-13-28(41,29(31,32)33)21-11-20-23(42-14-27(20,2)26(34)40)22(36-21)15-4-7-18(30)8-5-15/h4-11,41H,3,12-14H2,1-2H3,(H2,34,40)(H,35,38)/t27-,28?/m0/s1. The molecular weight excluding hydrogens is 560 g/mol. The van der Waals surface area contributed by atoms with Crippen molar-refractivity contribution in [2.45, 2.75) is 37.6 Å². The quantitative estimate of drug-likeness (QED) is 0.364. The van der Waals surface area contributed by atoms with Crippen molar-refractivity contribution in [1.82, 2.24) is 15.2 Å². The SMILES string of the molecule is CCN1Cc2cc(C(=O)NCC(O)(c3cc4c(c(-c5ccc(F)cc5)n3)OC[C@]4(C)C(N)=O)C(F)(F)F)ccc2C1=O. The van der Waals surface area contributed by atoms with Gasteiger partial charge < -0.3 is 25.8 Å². The van der Waals surface area contributed by atoms with Gasteiger partial charge in [0.15, 0.2) is 0 Å². The minimum atomic E-state index is -5.35. The highest BCUT2D eigenvalue weighted by Gasteiger charge is 2.57. The Bertz CT molecular complexity index is 1610. The van der Waals surface area contributed by atoms with Gasteiger partial charge in [0.25, 0.3) is 11.8 Å². The average Bonchev–Trinajstić information content (AvgIpc) is 3.47. The molecule has 0 bridgehead atoms. The summed E-state index contributed by atoms with van der Waals surface area (Å²) in [5.41, 5.74) is 0.241. The Kier molecular flexibility index (Phi) is 6.96. The number of pyridine rings is 1. The van der Waals surface area contributed by atoms with E-state index in [1.165, 1.54) is 37.3 Å². The Balaban J connectivity index is 1.54. The lowest BCUT2D eigenvalue weighted by atomic mass is 9.81. The van der Waals surface area contributed by atoms with Gasteiger partial charge in [0.05, 0.1) is 12.2 Å². The van der Waals surface area contributed by atoms with Crippen molar-refractivity contribution in [2.24, 2.45) is 5.73 Å². The van der Waals surface area contributed by atoms with Crippen LogP contribution in [-0.4, -0.2) is 58.6 Å². The highest BCUT2D eigenvalue weighted by atomic mass is 19.4. The molecule has 0 aliphatic carbocycles. The van der Waals surface area contributed by atoms with Crippen molar-refractivity contribution in [3.05, 3.63) is 82.3 Å². The minimum absolute atomic E-state index is 0.00681. The lowest BCUT2D eigenvalue weighted by Crippen LogP contribution is -2.51. The Labute approximate surface area is 237 Å². The molecular formula is C29H26F4N4O5. The third-order valence-electron chi connectivity index (χ3n) is 7.76. The maximum Gasteiger partial charge on any atom is 0.424 e. The van der Waals surface area contributed by atoms with Crippen molar-refractivity contribution in [3.63, 3.8) is 0 Å². The van der Waals surface area contributed by atoms with Crippen molar-refractivity contribution in [2.75, 3.05) is 19.7 Å². The van der Waals surface area contributed by atoms with Gasteiger partial charge in [-0.2, -0.15) is 13.2 Å². The van der Waals surface area contributed by atoms with Crippen LogP contribution in [0.2, 0.25) is 0 Å². The summed E-state index contributed by atoms with van der Waals surface area (Å²) in [7, 11) is 0. The predicted molar refractivity (Wildman–Crippen MR) is 141 cm³/mol. The zero-order valence-corrected chi connectivity index (χ0v) is 22.5. The van der Waals surface area contributed by atoms with Crippen LogP contribution in [0.4, 0.5) is 17.6 Å². The zero-order chi connectivity index (χ0) is 30.6. The summed E-state index contributed by atoms with van der Waals surface area (Å²) in [6.45, 7) is 2.24. The molecule has 4 N–H and O–H groups in total. The number of nitrogens with zero attached hydrogens (tertiary/aromatic N) is 2. The number of aliphatic hydroxyl groups is 1. The second-order valence-electron chi connectivity index (χ2n) is 10.5. The number of halogens is 4. The van der Waals surface area contributed by atoms with Gasteiger partial charge >= 0.3 is 6.18 Å². The Morgan fingerprint density at radius 1 is 1.17 bits per heavy atom. The molecule has 3 heterocycles. The van der Waals surface area contributed by atoms with E-state index >= 15 is 0 Å². The number of rotatable bonds is 7. The summed E-state index contributed by atoms with van der Waals surface area (Å²) in [5.74, 6) is -2.66. The van der Waals surface area contributed by atoms with Gasteiger partial charge in [-0.15, -0.1) is 0 Å². The maximum atomic E-state index is 14.6. The molecule has 1 unspecified atom stereocenters. The van der Waals surface area contributed by atoms with E-state index in [0.29, 0.717) is 17.7 Å². The maximum absolute atomic E-state index is 14.6. The fraction of sp³-hybridized carbons (Fsp3) is 0.310. The predicted octanol–water partition coefficient (Wildman–Crippen LogP) is 3.18. The number of alkyl halides is 3. The molecule has 1 aromatic heterocycles. The molecule has 5 rings (SSSR count). The lowest BCUT2D eigenvalue weighted by molar-refractivity contribution is -0.265. The summed E-state index contributed by atoms with van der Waals surface area (Å²) in [4.78, 5) is 43.3. The molecule has 220 valence electrons. The van der Waals surface area contributed by atoms with E-state index in [1.54, 1.807) is 11.8 Å². The van der Waals surface area contributed by atoms with E-state index in [9.17, 15) is 37.1 Å². The molecule has 13 heteroatoms. The molecule has 2 atom stereocenters. The first kappa shape index (κ1) is 29.0. The Hall–Kier alpha value is -4.52. The molecule has 0 saturated carbocycles. The van der Waals surface area contributed by atoms with E-state index in [2.05, 4.69) is 10.3 Å². The third-order valence-corrected chi connectivity index (χ3v) is 7.76. The lowest BCUT2D eigenvalue weighted by Gasteiger charge is -2.31. The van der Waals surface area contributed by atoms with E-state index in [0.717, 1.165) is 18.2 Å². The van der Waals surface area contributed by atoms with Crippen LogP contribution in [0.1, 0.15) is 51.4 Å². The smallest absolute Gasteiger partial charge is 0.424 e. The number of hydrogen-bond acceptors (Lipinski definition) is 6. The zero-order valence-electron chi connectivity index (χ0n) is 22.5. The number of carbonyl (C=O) groups excluding carboxylic acids is 3. The molecule has 3 aromatic rings. The summed E-state index contributed by atoms with van der Waals surface area (Å²) in [6.07, 6.45) is -5.35. The van der Waals surface area contributed by atoms with Crippen molar-refractivity contribution in [3.8, 4) is 17.0 Å². The van der Waals surface area contributed by atoms with Gasteiger partial charge in [-0.05, 0) is 67.9 Å². The molecule has 42 heavy (non-hydrogen) atoms. The van der Waals surface area contributed by atoms with Gasteiger partial charge in [0, 0.05) is 35.3 Å². The highest BCUT2D eigenvalue weighted by Crippen LogP contribution is 2.47. The molecule has 2 aliphatic heterocycles. The molecule has 0 fully saturated rings. The van der Waals surface area contributed by atoms with Gasteiger partial charge in [0.1, 0.15) is 29.3 Å². The molecule has 0 spiro atoms. The molecule has 2 aromatic carbocycles. The fourth-order valence-corrected chi connectivity index (χ4v) is 5.03. The minimum Gasteiger partial charge on any atom is -0.489 e. The number of amides is 3. The number of fused-ring (bicyclic) bond motifs is 2. The largest absolute Gasteiger partial charge is 0.489 e. The summed E-state index contributed by atoms with van der Waals surface area (Å²) in [5, 5.41) is 13.3. The number of nitrogens with one attached hydrogen (secondary N) is 1.